The fraction of sp³-hybridized carbons (Fsp3) is 0.538. The monoisotopic (exact) mass is 266 g/mol. The Hall–Kier alpha value is -1.82. The average molecular weight is 266 g/mol. The molecule has 2 N–H and O–H groups in total. The van der Waals surface area contributed by atoms with E-state index >= 15 is 0 Å². The Morgan fingerprint density at radius 3 is 3.05 bits per heavy atom. The van der Waals surface area contributed by atoms with Gasteiger partial charge in [-0.2, -0.15) is 0 Å². The van der Waals surface area contributed by atoms with Crippen LogP contribution < -0.4 is 5.32 Å². The van der Waals surface area contributed by atoms with Crippen LogP contribution in [-0.4, -0.2) is 41.5 Å². The van der Waals surface area contributed by atoms with Crippen molar-refractivity contribution in [1.29, 1.82) is 0 Å². The molecular formula is C13H18N2O4. The van der Waals surface area contributed by atoms with Gasteiger partial charge in [0.2, 0.25) is 5.91 Å². The number of hydrogen-bond donors (Lipinski definition) is 2. The lowest BCUT2D eigenvalue weighted by Gasteiger charge is -2.30. The number of carbonyl (C=O) groups excluding carboxylic acids is 1. The second-order valence-corrected chi connectivity index (χ2v) is 4.77. The zero-order valence-electron chi connectivity index (χ0n) is 10.7. The molecule has 0 radical (unpaired) electrons. The van der Waals surface area contributed by atoms with Crippen molar-refractivity contribution in [2.75, 3.05) is 19.6 Å². The molecule has 0 bridgehead atoms. The molecule has 0 aliphatic carbocycles. The number of nitrogens with zero attached hydrogens (tertiary/aromatic N) is 1. The Labute approximate surface area is 111 Å². The molecule has 0 aromatic carbocycles. The standard InChI is InChI=1S/C13H18N2O4/c16-12(17)9-15-5-1-3-10(8-15)13(18)14-7-11-4-2-6-19-11/h2,4,6,10H,1,3,5,7-9H2,(H,14,18)(H,16,17). The van der Waals surface area contributed by atoms with E-state index in [-0.39, 0.29) is 18.4 Å². The van der Waals surface area contributed by atoms with Crippen LogP contribution in [0.5, 0.6) is 0 Å². The van der Waals surface area contributed by atoms with Gasteiger partial charge in [-0.05, 0) is 31.5 Å². The van der Waals surface area contributed by atoms with E-state index in [9.17, 15) is 9.59 Å². The summed E-state index contributed by atoms with van der Waals surface area (Å²) >= 11 is 0. The first-order chi connectivity index (χ1) is 9.15. The highest BCUT2D eigenvalue weighted by molar-refractivity contribution is 5.79. The summed E-state index contributed by atoms with van der Waals surface area (Å²) < 4.78 is 5.14. The van der Waals surface area contributed by atoms with Crippen molar-refractivity contribution in [1.82, 2.24) is 10.2 Å². The number of likely N-dealkylation sites (tertiary alicyclic amines) is 1. The number of nitrogens with one attached hydrogen (secondary N) is 1. The van der Waals surface area contributed by atoms with Crippen LogP contribution >= 0.6 is 0 Å². The van der Waals surface area contributed by atoms with E-state index < -0.39 is 5.97 Å². The Bertz CT molecular complexity index is 430. The van der Waals surface area contributed by atoms with Crippen molar-refractivity contribution in [2.45, 2.75) is 19.4 Å². The number of aliphatic carboxylic acids is 1. The molecule has 1 aromatic rings. The minimum atomic E-state index is -0.850. The number of carboxylic acids is 1. The quantitative estimate of drug-likeness (QED) is 0.819. The predicted octanol–water partition coefficient (Wildman–Crippen LogP) is 0.692. The number of amides is 1. The molecule has 6 nitrogen and oxygen atoms in total. The number of carbonyl (C=O) groups is 2. The third-order valence-corrected chi connectivity index (χ3v) is 3.25. The Balaban J connectivity index is 1.79. The summed E-state index contributed by atoms with van der Waals surface area (Å²) in [7, 11) is 0. The number of rotatable bonds is 5. The van der Waals surface area contributed by atoms with Gasteiger partial charge >= 0.3 is 5.97 Å². The summed E-state index contributed by atoms with van der Waals surface area (Å²) in [4.78, 5) is 24.5. The molecule has 2 rings (SSSR count). The van der Waals surface area contributed by atoms with E-state index in [0.29, 0.717) is 18.8 Å². The minimum absolute atomic E-state index is 0.00195. The van der Waals surface area contributed by atoms with E-state index in [1.165, 1.54) is 0 Å². The Morgan fingerprint density at radius 2 is 2.37 bits per heavy atom. The van der Waals surface area contributed by atoms with E-state index in [2.05, 4.69) is 5.32 Å². The highest BCUT2D eigenvalue weighted by Gasteiger charge is 2.26. The SMILES string of the molecule is O=C(O)CN1CCCC(C(=O)NCc2ccco2)C1. The third-order valence-electron chi connectivity index (χ3n) is 3.25. The van der Waals surface area contributed by atoms with Crippen LogP contribution in [0.3, 0.4) is 0 Å². The summed E-state index contributed by atoms with van der Waals surface area (Å²) in [5.74, 6) is -0.308. The fourth-order valence-corrected chi connectivity index (χ4v) is 2.34. The predicted molar refractivity (Wildman–Crippen MR) is 67.4 cm³/mol. The van der Waals surface area contributed by atoms with Crippen LogP contribution in [0.1, 0.15) is 18.6 Å². The molecule has 1 aliphatic heterocycles. The van der Waals surface area contributed by atoms with Crippen molar-refractivity contribution in [3.05, 3.63) is 24.2 Å². The molecule has 104 valence electrons. The lowest BCUT2D eigenvalue weighted by atomic mass is 9.97. The van der Waals surface area contributed by atoms with Crippen molar-refractivity contribution in [3.63, 3.8) is 0 Å². The summed E-state index contributed by atoms with van der Waals surface area (Å²) in [5.41, 5.74) is 0. The molecule has 1 aromatic heterocycles. The minimum Gasteiger partial charge on any atom is -0.480 e. The number of hydrogen-bond acceptors (Lipinski definition) is 4. The summed E-state index contributed by atoms with van der Waals surface area (Å²) in [6, 6.07) is 3.58. The first-order valence-electron chi connectivity index (χ1n) is 6.39. The van der Waals surface area contributed by atoms with Crippen LogP contribution in [0, 0.1) is 5.92 Å². The maximum absolute atomic E-state index is 12.0. The first kappa shape index (κ1) is 13.6. The zero-order valence-corrected chi connectivity index (χ0v) is 10.7. The van der Waals surface area contributed by atoms with Crippen LogP contribution in [-0.2, 0) is 16.1 Å². The Kier molecular flexibility index (Phi) is 4.57. The molecule has 2 heterocycles. The average Bonchev–Trinajstić information content (AvgIpc) is 2.88. The van der Waals surface area contributed by atoms with Crippen molar-refractivity contribution in [3.8, 4) is 0 Å². The van der Waals surface area contributed by atoms with Crippen LogP contribution in [0.25, 0.3) is 0 Å². The molecule has 6 heteroatoms. The van der Waals surface area contributed by atoms with Gasteiger partial charge in [-0.25, -0.2) is 0 Å². The molecule has 0 spiro atoms. The number of furan rings is 1. The van der Waals surface area contributed by atoms with Gasteiger partial charge in [-0.1, -0.05) is 0 Å². The Morgan fingerprint density at radius 1 is 1.53 bits per heavy atom. The van der Waals surface area contributed by atoms with E-state index in [1.54, 1.807) is 18.4 Å². The molecule has 1 aliphatic rings. The zero-order chi connectivity index (χ0) is 13.7. The van der Waals surface area contributed by atoms with Crippen molar-refractivity contribution >= 4 is 11.9 Å². The van der Waals surface area contributed by atoms with Gasteiger partial charge in [0, 0.05) is 6.54 Å². The molecule has 1 unspecified atom stereocenters. The maximum Gasteiger partial charge on any atom is 0.317 e. The molecule has 1 atom stereocenters. The number of piperidine rings is 1. The van der Waals surface area contributed by atoms with Crippen LogP contribution in [0.15, 0.2) is 22.8 Å². The van der Waals surface area contributed by atoms with Gasteiger partial charge in [0.25, 0.3) is 0 Å². The first-order valence-corrected chi connectivity index (χ1v) is 6.39. The van der Waals surface area contributed by atoms with Crippen LogP contribution in [0.2, 0.25) is 0 Å². The molecule has 1 saturated heterocycles. The van der Waals surface area contributed by atoms with Crippen molar-refractivity contribution in [2.24, 2.45) is 5.92 Å². The van der Waals surface area contributed by atoms with Gasteiger partial charge in [-0.3, -0.25) is 14.5 Å². The maximum atomic E-state index is 12.0. The summed E-state index contributed by atoms with van der Waals surface area (Å²) in [5, 5.41) is 11.6. The third kappa shape index (κ3) is 4.10. The van der Waals surface area contributed by atoms with E-state index in [1.807, 2.05) is 4.90 Å². The van der Waals surface area contributed by atoms with E-state index in [4.69, 9.17) is 9.52 Å². The molecule has 1 fully saturated rings. The van der Waals surface area contributed by atoms with Gasteiger partial charge in [0.15, 0.2) is 0 Å². The van der Waals surface area contributed by atoms with Gasteiger partial charge in [0.1, 0.15) is 5.76 Å². The lowest BCUT2D eigenvalue weighted by molar-refractivity contribution is -0.139. The van der Waals surface area contributed by atoms with Gasteiger partial charge < -0.3 is 14.8 Å². The second-order valence-electron chi connectivity index (χ2n) is 4.77. The highest BCUT2D eigenvalue weighted by Crippen LogP contribution is 2.16. The normalized spacial score (nSPS) is 20.1. The van der Waals surface area contributed by atoms with E-state index in [0.717, 1.165) is 19.4 Å². The highest BCUT2D eigenvalue weighted by atomic mass is 16.4. The smallest absolute Gasteiger partial charge is 0.317 e. The van der Waals surface area contributed by atoms with Crippen molar-refractivity contribution < 1.29 is 19.1 Å². The molecule has 1 amide bonds. The molecule has 0 saturated carbocycles. The number of carboxylic acid groups (broad SMARTS) is 1. The topological polar surface area (TPSA) is 82.8 Å². The fourth-order valence-electron chi connectivity index (χ4n) is 2.34. The second kappa shape index (κ2) is 6.38. The largest absolute Gasteiger partial charge is 0.480 e. The lowest BCUT2D eigenvalue weighted by Crippen LogP contribution is -2.44. The summed E-state index contributed by atoms with van der Waals surface area (Å²) in [6.45, 7) is 1.63. The van der Waals surface area contributed by atoms with Gasteiger partial charge in [-0.15, -0.1) is 0 Å². The van der Waals surface area contributed by atoms with Gasteiger partial charge in [0.05, 0.1) is 25.3 Å². The molecule has 19 heavy (non-hydrogen) atoms. The van der Waals surface area contributed by atoms with Crippen LogP contribution in [0.4, 0.5) is 0 Å². The molecular weight excluding hydrogens is 248 g/mol. The summed E-state index contributed by atoms with van der Waals surface area (Å²) in [6.07, 6.45) is 3.23.